The quantitative estimate of drug-likeness (QED) is 0.580. The van der Waals surface area contributed by atoms with Crippen molar-refractivity contribution in [3.05, 3.63) is 63.1 Å². The Labute approximate surface area is 222 Å². The number of amides is 2. The van der Waals surface area contributed by atoms with Crippen molar-refractivity contribution in [1.29, 1.82) is 0 Å². The van der Waals surface area contributed by atoms with Gasteiger partial charge in [-0.05, 0) is 32.8 Å². The molecule has 0 radical (unpaired) electrons. The second kappa shape index (κ2) is 9.90. The third-order valence-corrected chi connectivity index (χ3v) is 7.63. The number of carbonyl (C=O) groups is 3. The number of nitrogens with zero attached hydrogens (tertiary/aromatic N) is 3. The molecule has 5 rings (SSSR count). The van der Waals surface area contributed by atoms with Crippen molar-refractivity contribution in [1.82, 2.24) is 14.8 Å². The van der Waals surface area contributed by atoms with Gasteiger partial charge in [0.25, 0.3) is 11.8 Å². The normalized spacial score (nSPS) is 23.6. The maximum atomic E-state index is 14.1. The van der Waals surface area contributed by atoms with E-state index < -0.39 is 57.8 Å². The van der Waals surface area contributed by atoms with Gasteiger partial charge in [0, 0.05) is 49.8 Å². The molecule has 10 nitrogen and oxygen atoms in total. The molecular weight excluding hydrogens is 514 g/mol. The maximum absolute atomic E-state index is 14.1. The van der Waals surface area contributed by atoms with Crippen LogP contribution in [0.1, 0.15) is 78.9 Å². The molecule has 1 fully saturated rings. The van der Waals surface area contributed by atoms with Gasteiger partial charge in [-0.3, -0.25) is 19.2 Å². The first-order valence-electron chi connectivity index (χ1n) is 12.8. The van der Waals surface area contributed by atoms with Crippen molar-refractivity contribution in [2.45, 2.75) is 70.7 Å². The molecule has 3 atom stereocenters. The minimum absolute atomic E-state index is 0.00922. The van der Waals surface area contributed by atoms with E-state index in [2.05, 4.69) is 10.5 Å². The topological polar surface area (TPSA) is 119 Å². The average Bonchev–Trinajstić information content (AvgIpc) is 3.23. The molecule has 12 heteroatoms. The van der Waals surface area contributed by atoms with Crippen LogP contribution in [0, 0.1) is 11.6 Å². The lowest BCUT2D eigenvalue weighted by Gasteiger charge is -2.42. The molecule has 0 saturated carbocycles. The van der Waals surface area contributed by atoms with Gasteiger partial charge in [-0.25, -0.2) is 8.78 Å². The highest BCUT2D eigenvalue weighted by molar-refractivity contribution is 6.00. The van der Waals surface area contributed by atoms with Crippen molar-refractivity contribution in [2.75, 3.05) is 6.54 Å². The number of aromatic nitrogens is 1. The number of hydrogen-bond acceptors (Lipinski definition) is 7. The van der Waals surface area contributed by atoms with Crippen LogP contribution < -0.4 is 15.5 Å². The van der Waals surface area contributed by atoms with Crippen molar-refractivity contribution in [3.8, 4) is 5.75 Å². The molecule has 2 bridgehead atoms. The minimum atomic E-state index is -0.949. The SMILES string of the molecule is CCC(=O)Oc1c2n(cc(C(=O)NCc3ccc(F)cc3F)c1=O)[C@@H]1CN(C2=O)[C@@H](C)CC[C@]12CC(C)=NO2. The van der Waals surface area contributed by atoms with Crippen LogP contribution in [0.3, 0.4) is 0 Å². The summed E-state index contributed by atoms with van der Waals surface area (Å²) in [6.45, 7) is 5.18. The van der Waals surface area contributed by atoms with Gasteiger partial charge in [0.1, 0.15) is 17.2 Å². The standard InChI is InChI=1S/C27H28F2N4O6/c1-4-21(34)38-24-22-26(37)32-13-20(27(8-7-15(32)3)10-14(2)31-39-27)33(22)12-18(23(24)35)25(36)30-11-16-5-6-17(28)9-19(16)29/h5-6,9,12,15,20H,4,7-8,10-11,13H2,1-3H3,(H,30,36)/t15-,20+,27-/m0/s1. The van der Waals surface area contributed by atoms with E-state index in [0.717, 1.165) is 11.8 Å². The lowest BCUT2D eigenvalue weighted by molar-refractivity contribution is -0.134. The van der Waals surface area contributed by atoms with Crippen LogP contribution >= 0.6 is 0 Å². The highest BCUT2D eigenvalue weighted by Crippen LogP contribution is 2.46. The van der Waals surface area contributed by atoms with Crippen LogP contribution in [0.2, 0.25) is 0 Å². The lowest BCUT2D eigenvalue weighted by atomic mass is 9.84. The van der Waals surface area contributed by atoms with Crippen LogP contribution in [0.15, 0.2) is 34.3 Å². The van der Waals surface area contributed by atoms with Crippen LogP contribution in [-0.4, -0.2) is 51.2 Å². The Balaban J connectivity index is 1.62. The number of benzene rings is 1. The number of fused-ring (bicyclic) bond motifs is 5. The van der Waals surface area contributed by atoms with Gasteiger partial charge in [-0.2, -0.15) is 0 Å². The van der Waals surface area contributed by atoms with Crippen LogP contribution in [0.4, 0.5) is 8.78 Å². The number of hydrogen-bond donors (Lipinski definition) is 1. The van der Waals surface area contributed by atoms with Gasteiger partial charge < -0.3 is 24.4 Å². The van der Waals surface area contributed by atoms with Crippen molar-refractivity contribution in [3.63, 3.8) is 0 Å². The van der Waals surface area contributed by atoms with Gasteiger partial charge in [-0.1, -0.05) is 18.1 Å². The van der Waals surface area contributed by atoms with Crippen LogP contribution in [0.5, 0.6) is 5.75 Å². The molecule has 2 amide bonds. The number of esters is 1. The largest absolute Gasteiger partial charge is 0.420 e. The highest BCUT2D eigenvalue weighted by atomic mass is 19.1. The maximum Gasteiger partial charge on any atom is 0.311 e. The van der Waals surface area contributed by atoms with Gasteiger partial charge in [-0.15, -0.1) is 0 Å². The van der Waals surface area contributed by atoms with Crippen molar-refractivity contribution < 1.29 is 32.7 Å². The molecule has 206 valence electrons. The molecule has 0 unspecified atom stereocenters. The van der Waals surface area contributed by atoms with E-state index in [-0.39, 0.29) is 36.8 Å². The first-order chi connectivity index (χ1) is 18.5. The fourth-order valence-corrected chi connectivity index (χ4v) is 5.49. The Morgan fingerprint density at radius 1 is 1.28 bits per heavy atom. The summed E-state index contributed by atoms with van der Waals surface area (Å²) in [5, 5.41) is 6.63. The molecule has 1 aromatic carbocycles. The van der Waals surface area contributed by atoms with Crippen molar-refractivity contribution in [2.24, 2.45) is 5.16 Å². The van der Waals surface area contributed by atoms with E-state index in [0.29, 0.717) is 25.3 Å². The fraction of sp³-hybridized carbons (Fsp3) is 0.444. The summed E-state index contributed by atoms with van der Waals surface area (Å²) in [6.07, 6.45) is 2.85. The predicted octanol–water partition coefficient (Wildman–Crippen LogP) is 3.09. The summed E-state index contributed by atoms with van der Waals surface area (Å²) >= 11 is 0. The van der Waals surface area contributed by atoms with Crippen LogP contribution in [-0.2, 0) is 16.2 Å². The molecule has 1 spiro atoms. The average molecular weight is 543 g/mol. The Hall–Kier alpha value is -4.09. The molecule has 2 aromatic rings. The first kappa shape index (κ1) is 26.5. The summed E-state index contributed by atoms with van der Waals surface area (Å²) in [5.41, 5.74) is -1.54. The number of nitrogens with one attached hydrogen (secondary N) is 1. The van der Waals surface area contributed by atoms with E-state index >= 15 is 0 Å². The predicted molar refractivity (Wildman–Crippen MR) is 134 cm³/mol. The number of rotatable bonds is 5. The highest BCUT2D eigenvalue weighted by Gasteiger charge is 2.54. The van der Waals surface area contributed by atoms with Gasteiger partial charge in [0.05, 0.1) is 11.8 Å². The smallest absolute Gasteiger partial charge is 0.311 e. The summed E-state index contributed by atoms with van der Waals surface area (Å²) in [7, 11) is 0. The monoisotopic (exact) mass is 542 g/mol. The Bertz CT molecular complexity index is 1470. The molecule has 4 heterocycles. The Morgan fingerprint density at radius 2 is 2.05 bits per heavy atom. The molecular formula is C27H28F2N4O6. The van der Waals surface area contributed by atoms with Crippen molar-refractivity contribution >= 4 is 23.5 Å². The zero-order valence-corrected chi connectivity index (χ0v) is 21.8. The molecule has 39 heavy (non-hydrogen) atoms. The molecule has 3 aliphatic rings. The van der Waals surface area contributed by atoms with E-state index in [1.54, 1.807) is 4.90 Å². The molecule has 1 aromatic heterocycles. The summed E-state index contributed by atoms with van der Waals surface area (Å²) in [4.78, 5) is 60.4. The number of pyridine rings is 1. The minimum Gasteiger partial charge on any atom is -0.420 e. The molecule has 3 aliphatic heterocycles. The summed E-state index contributed by atoms with van der Waals surface area (Å²) < 4.78 is 34.3. The third kappa shape index (κ3) is 4.57. The molecule has 1 saturated heterocycles. The van der Waals surface area contributed by atoms with Gasteiger partial charge in [0.2, 0.25) is 11.2 Å². The molecule has 0 aliphatic carbocycles. The van der Waals surface area contributed by atoms with E-state index in [1.165, 1.54) is 23.8 Å². The van der Waals surface area contributed by atoms with E-state index in [4.69, 9.17) is 9.57 Å². The number of oxime groups is 1. The molecule has 1 N–H and O–H groups in total. The van der Waals surface area contributed by atoms with Crippen LogP contribution in [0.25, 0.3) is 0 Å². The fourth-order valence-electron chi connectivity index (χ4n) is 5.49. The second-order valence-corrected chi connectivity index (χ2v) is 10.2. The number of ether oxygens (including phenoxy) is 1. The number of carbonyl (C=O) groups excluding carboxylic acids is 3. The number of halogens is 2. The Kier molecular flexibility index (Phi) is 6.73. The summed E-state index contributed by atoms with van der Waals surface area (Å²) in [5.74, 6) is -4.29. The summed E-state index contributed by atoms with van der Waals surface area (Å²) in [6, 6.07) is 2.19. The zero-order chi connectivity index (χ0) is 28.1. The third-order valence-electron chi connectivity index (χ3n) is 7.63. The first-order valence-corrected chi connectivity index (χ1v) is 12.8. The van der Waals surface area contributed by atoms with E-state index in [9.17, 15) is 28.0 Å². The Morgan fingerprint density at radius 3 is 2.72 bits per heavy atom. The second-order valence-electron chi connectivity index (χ2n) is 10.2. The van der Waals surface area contributed by atoms with Gasteiger partial charge in [0.15, 0.2) is 11.3 Å². The zero-order valence-electron chi connectivity index (χ0n) is 21.8. The lowest BCUT2D eigenvalue weighted by Crippen LogP contribution is -2.52. The van der Waals surface area contributed by atoms with Gasteiger partial charge >= 0.3 is 5.97 Å². The van der Waals surface area contributed by atoms with E-state index in [1.807, 2.05) is 13.8 Å².